The van der Waals surface area contributed by atoms with Crippen molar-refractivity contribution in [3.05, 3.63) is 58.8 Å². The van der Waals surface area contributed by atoms with Crippen LogP contribution in [0.15, 0.2) is 53.7 Å². The molecule has 0 saturated carbocycles. The van der Waals surface area contributed by atoms with Gasteiger partial charge in [0.25, 0.3) is 10.0 Å². The second-order valence-electron chi connectivity index (χ2n) is 5.02. The molecule has 0 fully saturated rings. The Morgan fingerprint density at radius 1 is 1.08 bits per heavy atom. The number of nitrogens with zero attached hydrogens (tertiary/aromatic N) is 3. The second-order valence-corrected chi connectivity index (χ2v) is 7.52. The molecule has 0 aliphatic heterocycles. The number of nitrogens with one attached hydrogen (secondary N) is 1. The first kappa shape index (κ1) is 16.8. The standard InChI is InChI=1S/C15H12Cl2N4O2S/c1-21-9-18-19-15(21)10-2-5-12(6-3-10)20-24(22,23)14-8-11(16)4-7-13(14)17/h2-9,20H,1H3. The zero-order valence-electron chi connectivity index (χ0n) is 12.4. The number of hydrogen-bond acceptors (Lipinski definition) is 4. The van der Waals surface area contributed by atoms with Crippen molar-refractivity contribution in [2.75, 3.05) is 4.72 Å². The lowest BCUT2D eigenvalue weighted by molar-refractivity contribution is 0.601. The van der Waals surface area contributed by atoms with E-state index in [-0.39, 0.29) is 14.9 Å². The maximum Gasteiger partial charge on any atom is 0.263 e. The van der Waals surface area contributed by atoms with Crippen LogP contribution in [0.2, 0.25) is 10.0 Å². The highest BCUT2D eigenvalue weighted by Crippen LogP contribution is 2.27. The summed E-state index contributed by atoms with van der Waals surface area (Å²) in [6.07, 6.45) is 1.59. The van der Waals surface area contributed by atoms with Gasteiger partial charge in [0.2, 0.25) is 0 Å². The van der Waals surface area contributed by atoms with Crippen molar-refractivity contribution in [2.24, 2.45) is 7.05 Å². The van der Waals surface area contributed by atoms with Crippen molar-refractivity contribution in [3.8, 4) is 11.4 Å². The highest BCUT2D eigenvalue weighted by atomic mass is 35.5. The first-order chi connectivity index (χ1) is 11.4. The molecule has 1 aromatic heterocycles. The van der Waals surface area contributed by atoms with E-state index < -0.39 is 10.0 Å². The fourth-order valence-electron chi connectivity index (χ4n) is 2.13. The van der Waals surface area contributed by atoms with Crippen LogP contribution in [0.4, 0.5) is 5.69 Å². The van der Waals surface area contributed by atoms with Gasteiger partial charge in [-0.05, 0) is 42.5 Å². The molecule has 0 bridgehead atoms. The lowest BCUT2D eigenvalue weighted by Gasteiger charge is -2.10. The predicted molar refractivity (Wildman–Crippen MR) is 93.7 cm³/mol. The molecule has 1 heterocycles. The zero-order valence-corrected chi connectivity index (χ0v) is 14.8. The Bertz CT molecular complexity index is 985. The van der Waals surface area contributed by atoms with E-state index in [0.29, 0.717) is 11.5 Å². The Hall–Kier alpha value is -2.09. The third kappa shape index (κ3) is 3.38. The topological polar surface area (TPSA) is 76.9 Å². The quantitative estimate of drug-likeness (QED) is 0.747. The number of aromatic nitrogens is 3. The van der Waals surface area contributed by atoms with Gasteiger partial charge >= 0.3 is 0 Å². The summed E-state index contributed by atoms with van der Waals surface area (Å²) < 4.78 is 29.2. The van der Waals surface area contributed by atoms with Gasteiger partial charge in [-0.3, -0.25) is 4.72 Å². The summed E-state index contributed by atoms with van der Waals surface area (Å²) in [4.78, 5) is -0.0750. The summed E-state index contributed by atoms with van der Waals surface area (Å²) in [6, 6.07) is 11.1. The van der Waals surface area contributed by atoms with Gasteiger partial charge in [-0.2, -0.15) is 0 Å². The molecule has 0 unspecified atom stereocenters. The van der Waals surface area contributed by atoms with Crippen molar-refractivity contribution in [3.63, 3.8) is 0 Å². The number of benzene rings is 2. The van der Waals surface area contributed by atoms with Crippen molar-refractivity contribution in [1.82, 2.24) is 14.8 Å². The molecule has 124 valence electrons. The largest absolute Gasteiger partial charge is 0.317 e. The van der Waals surface area contributed by atoms with Crippen molar-refractivity contribution < 1.29 is 8.42 Å². The Morgan fingerprint density at radius 3 is 2.42 bits per heavy atom. The van der Waals surface area contributed by atoms with E-state index >= 15 is 0 Å². The lowest BCUT2D eigenvalue weighted by atomic mass is 10.2. The van der Waals surface area contributed by atoms with Crippen LogP contribution in [0.1, 0.15) is 0 Å². The number of halogens is 2. The van der Waals surface area contributed by atoms with E-state index in [1.54, 1.807) is 35.2 Å². The van der Waals surface area contributed by atoms with Gasteiger partial charge in [0.15, 0.2) is 5.82 Å². The van der Waals surface area contributed by atoms with E-state index in [2.05, 4.69) is 14.9 Å². The smallest absolute Gasteiger partial charge is 0.263 e. The van der Waals surface area contributed by atoms with Gasteiger partial charge in [-0.25, -0.2) is 8.42 Å². The molecular weight excluding hydrogens is 371 g/mol. The van der Waals surface area contributed by atoms with Gasteiger partial charge in [-0.1, -0.05) is 23.2 Å². The van der Waals surface area contributed by atoms with Gasteiger partial charge in [0, 0.05) is 23.3 Å². The Balaban J connectivity index is 1.88. The molecular formula is C15H12Cl2N4O2S. The third-order valence-electron chi connectivity index (χ3n) is 3.29. The maximum absolute atomic E-state index is 12.5. The van der Waals surface area contributed by atoms with Gasteiger partial charge in [-0.15, -0.1) is 10.2 Å². The number of hydrogen-bond donors (Lipinski definition) is 1. The Labute approximate surface area is 149 Å². The van der Waals surface area contributed by atoms with Crippen LogP contribution in [0.3, 0.4) is 0 Å². The second kappa shape index (κ2) is 6.43. The minimum absolute atomic E-state index is 0.0750. The predicted octanol–water partition coefficient (Wildman–Crippen LogP) is 3.59. The van der Waals surface area contributed by atoms with Crippen LogP contribution in [0.5, 0.6) is 0 Å². The molecule has 3 rings (SSSR count). The van der Waals surface area contributed by atoms with Crippen molar-refractivity contribution >= 4 is 38.9 Å². The molecule has 0 saturated heterocycles. The summed E-state index contributed by atoms with van der Waals surface area (Å²) >= 11 is 11.8. The summed E-state index contributed by atoms with van der Waals surface area (Å²) in [6.45, 7) is 0. The fourth-order valence-corrected chi connectivity index (χ4v) is 3.95. The molecule has 1 N–H and O–H groups in total. The molecule has 0 spiro atoms. The molecule has 0 radical (unpaired) electrons. The summed E-state index contributed by atoms with van der Waals surface area (Å²) in [5.41, 5.74) is 1.22. The minimum atomic E-state index is -3.84. The molecule has 0 aliphatic rings. The summed E-state index contributed by atoms with van der Waals surface area (Å²) in [5.74, 6) is 0.683. The Morgan fingerprint density at radius 2 is 1.79 bits per heavy atom. The van der Waals surface area contributed by atoms with E-state index in [0.717, 1.165) is 5.56 Å². The van der Waals surface area contributed by atoms with E-state index in [1.807, 2.05) is 7.05 Å². The number of aryl methyl sites for hydroxylation is 1. The first-order valence-corrected chi connectivity index (χ1v) is 9.03. The highest BCUT2D eigenvalue weighted by molar-refractivity contribution is 7.92. The molecule has 3 aromatic rings. The first-order valence-electron chi connectivity index (χ1n) is 6.79. The van der Waals surface area contributed by atoms with Crippen molar-refractivity contribution in [2.45, 2.75) is 4.90 Å². The average molecular weight is 383 g/mol. The molecule has 2 aromatic carbocycles. The maximum atomic E-state index is 12.5. The van der Waals surface area contributed by atoms with Gasteiger partial charge in [0.05, 0.1) is 5.02 Å². The molecule has 0 atom stereocenters. The zero-order chi connectivity index (χ0) is 17.3. The minimum Gasteiger partial charge on any atom is -0.317 e. The molecule has 6 nitrogen and oxygen atoms in total. The summed E-state index contributed by atoms with van der Waals surface area (Å²) in [5, 5.41) is 8.20. The number of rotatable bonds is 4. The van der Waals surface area contributed by atoms with Crippen LogP contribution >= 0.6 is 23.2 Å². The van der Waals surface area contributed by atoms with Crippen LogP contribution in [-0.2, 0) is 17.1 Å². The normalized spacial score (nSPS) is 11.5. The third-order valence-corrected chi connectivity index (χ3v) is 5.39. The Kier molecular flexibility index (Phi) is 4.49. The number of sulfonamides is 1. The number of anilines is 1. The molecule has 24 heavy (non-hydrogen) atoms. The van der Waals surface area contributed by atoms with Gasteiger partial charge < -0.3 is 4.57 Å². The monoisotopic (exact) mass is 382 g/mol. The molecule has 9 heteroatoms. The van der Waals surface area contributed by atoms with E-state index in [1.165, 1.54) is 18.2 Å². The highest BCUT2D eigenvalue weighted by Gasteiger charge is 2.18. The average Bonchev–Trinajstić information content (AvgIpc) is 2.96. The SMILES string of the molecule is Cn1cnnc1-c1ccc(NS(=O)(=O)c2cc(Cl)ccc2Cl)cc1. The van der Waals surface area contributed by atoms with Crippen molar-refractivity contribution in [1.29, 1.82) is 0 Å². The summed E-state index contributed by atoms with van der Waals surface area (Å²) in [7, 11) is -2.01. The molecule has 0 aliphatic carbocycles. The van der Waals surface area contributed by atoms with Crippen LogP contribution < -0.4 is 4.72 Å². The molecule has 0 amide bonds. The van der Waals surface area contributed by atoms with E-state index in [4.69, 9.17) is 23.2 Å². The van der Waals surface area contributed by atoms with Crippen LogP contribution in [0.25, 0.3) is 11.4 Å². The lowest BCUT2D eigenvalue weighted by Crippen LogP contribution is -2.13. The van der Waals surface area contributed by atoms with Crippen LogP contribution in [-0.4, -0.2) is 23.2 Å². The van der Waals surface area contributed by atoms with E-state index in [9.17, 15) is 8.42 Å². The van der Waals surface area contributed by atoms with Gasteiger partial charge in [0.1, 0.15) is 11.2 Å². The fraction of sp³-hybridized carbons (Fsp3) is 0.0667. The van der Waals surface area contributed by atoms with Crippen LogP contribution in [0, 0.1) is 0 Å².